The molecule has 1 heterocycles. The average molecular weight is 192 g/mol. The van der Waals surface area contributed by atoms with Crippen molar-refractivity contribution >= 4 is 0 Å². The molecule has 1 aromatic rings. The highest BCUT2D eigenvalue weighted by molar-refractivity contribution is 5.20. The number of para-hydroxylation sites is 1. The number of ether oxygens (including phenoxy) is 1. The van der Waals surface area contributed by atoms with E-state index in [4.69, 9.17) is 10.5 Å². The molecule has 1 saturated heterocycles. The van der Waals surface area contributed by atoms with E-state index >= 15 is 0 Å². The first-order valence-electron chi connectivity index (χ1n) is 5.00. The minimum atomic E-state index is 0.381. The van der Waals surface area contributed by atoms with Gasteiger partial charge in [0.2, 0.25) is 0 Å². The number of hydrogen-bond acceptors (Lipinski definition) is 3. The average Bonchev–Trinajstić information content (AvgIpc) is 2.17. The molecule has 0 amide bonds. The van der Waals surface area contributed by atoms with Crippen molar-refractivity contribution in [3.05, 3.63) is 30.3 Å². The highest BCUT2D eigenvalue weighted by Crippen LogP contribution is 2.09. The van der Waals surface area contributed by atoms with Crippen LogP contribution in [0.15, 0.2) is 30.3 Å². The SMILES string of the molecule is NC1CN(CCOc2ccccc2)C1. The highest BCUT2D eigenvalue weighted by Gasteiger charge is 2.21. The van der Waals surface area contributed by atoms with E-state index < -0.39 is 0 Å². The molecule has 0 unspecified atom stereocenters. The lowest BCUT2D eigenvalue weighted by Crippen LogP contribution is -2.56. The van der Waals surface area contributed by atoms with Crippen molar-refractivity contribution in [2.45, 2.75) is 6.04 Å². The molecule has 2 rings (SSSR count). The number of nitrogens with zero attached hydrogens (tertiary/aromatic N) is 1. The molecule has 3 nitrogen and oxygen atoms in total. The lowest BCUT2D eigenvalue weighted by atomic mass is 10.1. The van der Waals surface area contributed by atoms with Crippen molar-refractivity contribution in [2.75, 3.05) is 26.2 Å². The van der Waals surface area contributed by atoms with Gasteiger partial charge in [0.05, 0.1) is 0 Å². The van der Waals surface area contributed by atoms with Gasteiger partial charge in [-0.3, -0.25) is 4.90 Å². The smallest absolute Gasteiger partial charge is 0.119 e. The third kappa shape index (κ3) is 2.47. The minimum Gasteiger partial charge on any atom is -0.492 e. The number of likely N-dealkylation sites (tertiary alicyclic amines) is 1. The Labute approximate surface area is 84.5 Å². The summed E-state index contributed by atoms with van der Waals surface area (Å²) >= 11 is 0. The van der Waals surface area contributed by atoms with E-state index in [2.05, 4.69) is 4.90 Å². The predicted octanol–water partition coefficient (Wildman–Crippen LogP) is 0.708. The van der Waals surface area contributed by atoms with Crippen LogP contribution < -0.4 is 10.5 Å². The maximum absolute atomic E-state index is 5.67. The highest BCUT2D eigenvalue weighted by atomic mass is 16.5. The van der Waals surface area contributed by atoms with Gasteiger partial charge in [0.25, 0.3) is 0 Å². The lowest BCUT2D eigenvalue weighted by molar-refractivity contribution is 0.124. The second-order valence-electron chi connectivity index (χ2n) is 3.68. The molecule has 0 atom stereocenters. The van der Waals surface area contributed by atoms with Crippen LogP contribution in [-0.4, -0.2) is 37.2 Å². The lowest BCUT2D eigenvalue weighted by Gasteiger charge is -2.36. The quantitative estimate of drug-likeness (QED) is 0.763. The Balaban J connectivity index is 1.64. The summed E-state index contributed by atoms with van der Waals surface area (Å²) < 4.78 is 5.57. The van der Waals surface area contributed by atoms with Crippen LogP contribution in [0.25, 0.3) is 0 Å². The Morgan fingerprint density at radius 2 is 2.00 bits per heavy atom. The van der Waals surface area contributed by atoms with Gasteiger partial charge in [-0.15, -0.1) is 0 Å². The van der Waals surface area contributed by atoms with Crippen LogP contribution in [0.1, 0.15) is 0 Å². The third-order valence-electron chi connectivity index (χ3n) is 2.40. The van der Waals surface area contributed by atoms with Crippen LogP contribution in [-0.2, 0) is 0 Å². The molecule has 0 radical (unpaired) electrons. The van der Waals surface area contributed by atoms with Crippen LogP contribution in [0, 0.1) is 0 Å². The second-order valence-corrected chi connectivity index (χ2v) is 3.68. The summed E-state index contributed by atoms with van der Waals surface area (Å²) in [4.78, 5) is 2.30. The van der Waals surface area contributed by atoms with Crippen molar-refractivity contribution in [1.29, 1.82) is 0 Å². The summed E-state index contributed by atoms with van der Waals surface area (Å²) in [6, 6.07) is 10.3. The van der Waals surface area contributed by atoms with Gasteiger partial charge < -0.3 is 10.5 Å². The monoisotopic (exact) mass is 192 g/mol. The molecular formula is C11H16N2O. The maximum atomic E-state index is 5.67. The molecular weight excluding hydrogens is 176 g/mol. The van der Waals surface area contributed by atoms with E-state index in [-0.39, 0.29) is 0 Å². The summed E-state index contributed by atoms with van der Waals surface area (Å²) in [7, 11) is 0. The van der Waals surface area contributed by atoms with Crippen molar-refractivity contribution in [2.24, 2.45) is 5.73 Å². The van der Waals surface area contributed by atoms with Crippen LogP contribution in [0.5, 0.6) is 5.75 Å². The first-order valence-corrected chi connectivity index (χ1v) is 5.00. The van der Waals surface area contributed by atoms with Gasteiger partial charge in [-0.05, 0) is 12.1 Å². The summed E-state index contributed by atoms with van der Waals surface area (Å²) in [6.45, 7) is 3.75. The van der Waals surface area contributed by atoms with Crippen LogP contribution in [0.4, 0.5) is 0 Å². The van der Waals surface area contributed by atoms with E-state index in [1.807, 2.05) is 30.3 Å². The molecule has 0 aromatic heterocycles. The minimum absolute atomic E-state index is 0.381. The Morgan fingerprint density at radius 3 is 2.64 bits per heavy atom. The summed E-state index contributed by atoms with van der Waals surface area (Å²) in [5.74, 6) is 0.942. The molecule has 1 aromatic carbocycles. The normalized spacial score (nSPS) is 17.8. The fourth-order valence-corrected chi connectivity index (χ4v) is 1.60. The Hall–Kier alpha value is -1.06. The van der Waals surface area contributed by atoms with Gasteiger partial charge in [-0.25, -0.2) is 0 Å². The van der Waals surface area contributed by atoms with E-state index in [0.29, 0.717) is 6.04 Å². The topological polar surface area (TPSA) is 38.5 Å². The van der Waals surface area contributed by atoms with Crippen LogP contribution in [0.3, 0.4) is 0 Å². The number of benzene rings is 1. The largest absolute Gasteiger partial charge is 0.492 e. The number of nitrogens with two attached hydrogens (primary N) is 1. The van der Waals surface area contributed by atoms with Gasteiger partial charge in [0.15, 0.2) is 0 Å². The van der Waals surface area contributed by atoms with Gasteiger partial charge in [-0.1, -0.05) is 18.2 Å². The van der Waals surface area contributed by atoms with Crippen LogP contribution >= 0.6 is 0 Å². The van der Waals surface area contributed by atoms with Gasteiger partial charge in [0.1, 0.15) is 12.4 Å². The number of rotatable bonds is 4. The zero-order chi connectivity index (χ0) is 9.80. The zero-order valence-corrected chi connectivity index (χ0v) is 8.23. The summed E-state index contributed by atoms with van der Waals surface area (Å²) in [6.07, 6.45) is 0. The van der Waals surface area contributed by atoms with E-state index in [9.17, 15) is 0 Å². The molecule has 1 aliphatic heterocycles. The molecule has 0 saturated carbocycles. The molecule has 3 heteroatoms. The predicted molar refractivity (Wildman–Crippen MR) is 56.4 cm³/mol. The van der Waals surface area contributed by atoms with Gasteiger partial charge in [0, 0.05) is 25.7 Å². The first-order chi connectivity index (χ1) is 6.84. The van der Waals surface area contributed by atoms with Crippen molar-refractivity contribution in [1.82, 2.24) is 4.90 Å². The van der Waals surface area contributed by atoms with E-state index in [0.717, 1.165) is 32.0 Å². The van der Waals surface area contributed by atoms with Gasteiger partial charge >= 0.3 is 0 Å². The standard InChI is InChI=1S/C11H16N2O/c12-10-8-13(9-10)6-7-14-11-4-2-1-3-5-11/h1-5,10H,6-9,12H2. The molecule has 0 bridgehead atoms. The van der Waals surface area contributed by atoms with E-state index in [1.54, 1.807) is 0 Å². The fourth-order valence-electron chi connectivity index (χ4n) is 1.60. The Kier molecular flexibility index (Phi) is 3.01. The molecule has 76 valence electrons. The molecule has 0 aliphatic carbocycles. The van der Waals surface area contributed by atoms with Crippen LogP contribution in [0.2, 0.25) is 0 Å². The zero-order valence-electron chi connectivity index (χ0n) is 8.23. The fraction of sp³-hybridized carbons (Fsp3) is 0.455. The van der Waals surface area contributed by atoms with Crippen molar-refractivity contribution < 1.29 is 4.74 Å². The summed E-state index contributed by atoms with van der Waals surface area (Å²) in [5.41, 5.74) is 5.67. The molecule has 0 spiro atoms. The van der Waals surface area contributed by atoms with Crippen molar-refractivity contribution in [3.63, 3.8) is 0 Å². The molecule has 14 heavy (non-hydrogen) atoms. The van der Waals surface area contributed by atoms with Crippen molar-refractivity contribution in [3.8, 4) is 5.75 Å². The summed E-state index contributed by atoms with van der Waals surface area (Å²) in [5, 5.41) is 0. The Bertz CT molecular complexity index is 270. The third-order valence-corrected chi connectivity index (χ3v) is 2.40. The maximum Gasteiger partial charge on any atom is 0.119 e. The van der Waals surface area contributed by atoms with Gasteiger partial charge in [-0.2, -0.15) is 0 Å². The second kappa shape index (κ2) is 4.44. The van der Waals surface area contributed by atoms with E-state index in [1.165, 1.54) is 0 Å². The molecule has 1 fully saturated rings. The number of hydrogen-bond donors (Lipinski definition) is 1. The molecule has 2 N–H and O–H groups in total. The molecule has 1 aliphatic rings. The first kappa shape index (κ1) is 9.49. The Morgan fingerprint density at radius 1 is 1.29 bits per heavy atom.